The van der Waals surface area contributed by atoms with Crippen LogP contribution in [0.1, 0.15) is 27.7 Å². The zero-order valence-electron chi connectivity index (χ0n) is 9.72. The summed E-state index contributed by atoms with van der Waals surface area (Å²) >= 11 is 1.38. The molecule has 0 amide bonds. The van der Waals surface area contributed by atoms with Crippen molar-refractivity contribution < 1.29 is 0 Å². The van der Waals surface area contributed by atoms with Gasteiger partial charge in [0.15, 0.2) is 0 Å². The maximum Gasteiger partial charge on any atom is 0.0658 e. The molecule has 0 bridgehead atoms. The van der Waals surface area contributed by atoms with E-state index >= 15 is 0 Å². The molecule has 0 fully saturated rings. The van der Waals surface area contributed by atoms with Crippen molar-refractivity contribution in [2.24, 2.45) is 0 Å². The van der Waals surface area contributed by atoms with Crippen molar-refractivity contribution in [2.75, 3.05) is 0 Å². The third-order valence-electron chi connectivity index (χ3n) is 1.56. The third-order valence-corrected chi connectivity index (χ3v) is 2.56. The van der Waals surface area contributed by atoms with Crippen LogP contribution in [0.3, 0.4) is 0 Å². The second kappa shape index (κ2) is 7.23. The van der Waals surface area contributed by atoms with Gasteiger partial charge in [-0.2, -0.15) is 0 Å². The lowest BCUT2D eigenvalue weighted by atomic mass is 10.2. The molecular weight excluding hydrogens is 204 g/mol. The van der Waals surface area contributed by atoms with Crippen molar-refractivity contribution >= 4 is 23.0 Å². The molecule has 2 nitrogen and oxygen atoms in total. The number of nitrogens with one attached hydrogen (secondary N) is 2. The lowest BCUT2D eigenvalue weighted by Crippen LogP contribution is -1.90. The molecule has 0 aliphatic heterocycles. The van der Waals surface area contributed by atoms with Gasteiger partial charge in [0.05, 0.1) is 5.04 Å². The van der Waals surface area contributed by atoms with Crippen molar-refractivity contribution in [1.82, 2.24) is 0 Å². The van der Waals surface area contributed by atoms with E-state index in [0.717, 1.165) is 10.5 Å². The molecule has 2 N–H and O–H groups in total. The summed E-state index contributed by atoms with van der Waals surface area (Å²) in [4.78, 5) is 0.954. The second-order valence-electron chi connectivity index (χ2n) is 3.32. The fourth-order valence-corrected chi connectivity index (χ4v) is 1.60. The first-order chi connectivity index (χ1) is 7.01. The molecule has 0 spiro atoms. The van der Waals surface area contributed by atoms with Crippen LogP contribution in [-0.2, 0) is 0 Å². The summed E-state index contributed by atoms with van der Waals surface area (Å²) in [5.74, 6) is 0. The van der Waals surface area contributed by atoms with Crippen LogP contribution >= 0.6 is 11.8 Å². The average Bonchev–Trinajstić information content (AvgIpc) is 2.15. The highest BCUT2D eigenvalue weighted by molar-refractivity contribution is 8.17. The molecule has 0 radical (unpaired) electrons. The molecule has 0 aromatic rings. The van der Waals surface area contributed by atoms with Gasteiger partial charge >= 0.3 is 0 Å². The van der Waals surface area contributed by atoms with E-state index in [1.807, 2.05) is 39.0 Å². The van der Waals surface area contributed by atoms with Gasteiger partial charge in [0, 0.05) is 16.7 Å². The highest BCUT2D eigenvalue weighted by Gasteiger charge is 2.02. The van der Waals surface area contributed by atoms with Crippen molar-refractivity contribution in [3.05, 3.63) is 34.3 Å². The fraction of sp³-hybridized carbons (Fsp3) is 0.333. The molecule has 0 unspecified atom stereocenters. The van der Waals surface area contributed by atoms with Crippen molar-refractivity contribution in [2.45, 2.75) is 27.7 Å². The van der Waals surface area contributed by atoms with Crippen molar-refractivity contribution in [3.8, 4) is 0 Å². The molecule has 0 atom stereocenters. The van der Waals surface area contributed by atoms with Gasteiger partial charge in [-0.1, -0.05) is 35.6 Å². The number of thioether (sulfide) groups is 1. The predicted octanol–water partition coefficient (Wildman–Crippen LogP) is 4.16. The Kier molecular flexibility index (Phi) is 6.71. The quantitative estimate of drug-likeness (QED) is 0.419. The Labute approximate surface area is 96.2 Å². The first-order valence-corrected chi connectivity index (χ1v) is 5.58. The topological polar surface area (TPSA) is 47.7 Å². The molecule has 0 saturated heterocycles. The van der Waals surface area contributed by atoms with Crippen LogP contribution < -0.4 is 0 Å². The molecule has 3 heteroatoms. The normalized spacial score (nSPS) is 12.3. The summed E-state index contributed by atoms with van der Waals surface area (Å²) < 4.78 is 0. The Hall–Kier alpha value is -1.09. The van der Waals surface area contributed by atoms with Gasteiger partial charge in [0.25, 0.3) is 0 Å². The van der Waals surface area contributed by atoms with E-state index in [1.165, 1.54) is 23.5 Å². The van der Waals surface area contributed by atoms with Crippen LogP contribution in [0.2, 0.25) is 0 Å². The van der Waals surface area contributed by atoms with Crippen LogP contribution in [0, 0.1) is 10.8 Å². The Morgan fingerprint density at radius 1 is 1.13 bits per heavy atom. The summed E-state index contributed by atoms with van der Waals surface area (Å²) in [7, 11) is 0. The standard InChI is InChI=1S/C12H18N2S/c1-5-12(15-10(4)14)11(8-13)7-6-9(2)3/h5-8,13-14H,1-4H3/b11-7+,12-5-,13-8?,14-10?. The monoisotopic (exact) mass is 222 g/mol. The van der Waals surface area contributed by atoms with Crippen LogP contribution in [0.25, 0.3) is 0 Å². The van der Waals surface area contributed by atoms with Gasteiger partial charge < -0.3 is 5.41 Å². The number of hydrogen-bond acceptors (Lipinski definition) is 3. The van der Waals surface area contributed by atoms with E-state index in [2.05, 4.69) is 0 Å². The molecule has 0 heterocycles. The molecule has 0 aromatic heterocycles. The first kappa shape index (κ1) is 13.9. The predicted molar refractivity (Wildman–Crippen MR) is 71.0 cm³/mol. The molecule has 82 valence electrons. The molecule has 0 aliphatic carbocycles. The summed E-state index contributed by atoms with van der Waals surface area (Å²) in [6.07, 6.45) is 7.14. The van der Waals surface area contributed by atoms with E-state index in [9.17, 15) is 0 Å². The van der Waals surface area contributed by atoms with Gasteiger partial charge in [-0.05, 0) is 27.7 Å². The minimum atomic E-state index is 0.535. The average molecular weight is 222 g/mol. The third kappa shape index (κ3) is 6.07. The summed E-state index contributed by atoms with van der Waals surface area (Å²) in [6, 6.07) is 0. The second-order valence-corrected chi connectivity index (χ2v) is 4.58. The van der Waals surface area contributed by atoms with Gasteiger partial charge in [-0.15, -0.1) is 0 Å². The molecular formula is C12H18N2S. The molecule has 0 aliphatic rings. The zero-order valence-corrected chi connectivity index (χ0v) is 10.5. The molecule has 0 rings (SSSR count). The smallest absolute Gasteiger partial charge is 0.0658 e. The maximum atomic E-state index is 7.42. The molecule has 0 aromatic carbocycles. The minimum Gasteiger partial charge on any atom is -0.308 e. The molecule has 0 saturated carbocycles. The van der Waals surface area contributed by atoms with Crippen molar-refractivity contribution in [1.29, 1.82) is 10.8 Å². The zero-order chi connectivity index (χ0) is 11.8. The summed E-state index contributed by atoms with van der Waals surface area (Å²) in [5.41, 5.74) is 2.04. The van der Waals surface area contributed by atoms with E-state index in [0.29, 0.717) is 5.04 Å². The lowest BCUT2D eigenvalue weighted by Gasteiger charge is -2.04. The van der Waals surface area contributed by atoms with Gasteiger partial charge in [0.1, 0.15) is 0 Å². The van der Waals surface area contributed by atoms with Gasteiger partial charge in [-0.25, -0.2) is 0 Å². The number of hydrogen-bond donors (Lipinski definition) is 2. The summed E-state index contributed by atoms with van der Waals surface area (Å²) in [6.45, 7) is 7.70. The van der Waals surface area contributed by atoms with Crippen molar-refractivity contribution in [3.63, 3.8) is 0 Å². The van der Waals surface area contributed by atoms with Crippen LogP contribution in [0.15, 0.2) is 34.3 Å². The van der Waals surface area contributed by atoms with Gasteiger partial charge in [-0.3, -0.25) is 5.41 Å². The number of allylic oxidation sites excluding steroid dienone is 5. The van der Waals surface area contributed by atoms with E-state index < -0.39 is 0 Å². The highest BCUT2D eigenvalue weighted by Crippen LogP contribution is 2.23. The van der Waals surface area contributed by atoms with Gasteiger partial charge in [0.2, 0.25) is 0 Å². The van der Waals surface area contributed by atoms with E-state index in [-0.39, 0.29) is 0 Å². The van der Waals surface area contributed by atoms with E-state index in [1.54, 1.807) is 6.92 Å². The Bertz CT molecular complexity index is 332. The largest absolute Gasteiger partial charge is 0.308 e. The Balaban J connectivity index is 4.94. The number of rotatable bonds is 4. The Morgan fingerprint density at radius 3 is 2.07 bits per heavy atom. The highest BCUT2D eigenvalue weighted by atomic mass is 32.2. The summed E-state index contributed by atoms with van der Waals surface area (Å²) in [5, 5.41) is 15.3. The van der Waals surface area contributed by atoms with Crippen LogP contribution in [0.5, 0.6) is 0 Å². The maximum absolute atomic E-state index is 7.42. The minimum absolute atomic E-state index is 0.535. The van der Waals surface area contributed by atoms with Crippen LogP contribution in [0.4, 0.5) is 0 Å². The van der Waals surface area contributed by atoms with E-state index in [4.69, 9.17) is 10.8 Å². The SMILES string of the molecule is C/C=C(SC(C)=N)/C(C=N)=C/C=C(C)C. The molecule has 15 heavy (non-hydrogen) atoms. The Morgan fingerprint density at radius 2 is 1.73 bits per heavy atom. The first-order valence-electron chi connectivity index (χ1n) is 4.76. The fourth-order valence-electron chi connectivity index (χ4n) is 0.907. The van der Waals surface area contributed by atoms with Crippen LogP contribution in [-0.4, -0.2) is 11.3 Å². The lowest BCUT2D eigenvalue weighted by molar-refractivity contribution is 1.39.